The van der Waals surface area contributed by atoms with Crippen molar-refractivity contribution < 1.29 is 0 Å². The Labute approximate surface area is 111 Å². The van der Waals surface area contributed by atoms with E-state index in [4.69, 9.17) is 0 Å². The van der Waals surface area contributed by atoms with Gasteiger partial charge < -0.3 is 9.88 Å². The highest BCUT2D eigenvalue weighted by Crippen LogP contribution is 2.27. The van der Waals surface area contributed by atoms with Gasteiger partial charge in [-0.05, 0) is 35.6 Å². The van der Waals surface area contributed by atoms with Gasteiger partial charge in [-0.2, -0.15) is 0 Å². The van der Waals surface area contributed by atoms with Crippen LogP contribution in [0.1, 0.15) is 18.8 Å². The molecule has 0 aliphatic carbocycles. The average molecular weight is 346 g/mol. The smallest absolute Gasteiger partial charge is 0.164 e. The summed E-state index contributed by atoms with van der Waals surface area (Å²) in [7, 11) is 0. The quantitative estimate of drug-likeness (QED) is 0.806. The zero-order valence-corrected chi connectivity index (χ0v) is 11.7. The van der Waals surface area contributed by atoms with Gasteiger partial charge in [-0.25, -0.2) is 0 Å². The summed E-state index contributed by atoms with van der Waals surface area (Å²) in [6.45, 7) is 4.07. The Hall–Kier alpha value is -0.470. The normalized spacial score (nSPS) is 19.8. The molecule has 2 aromatic rings. The van der Waals surface area contributed by atoms with E-state index >= 15 is 0 Å². The predicted molar refractivity (Wildman–Crippen MR) is 72.5 cm³/mol. The Morgan fingerprint density at radius 1 is 1.56 bits per heavy atom. The van der Waals surface area contributed by atoms with Gasteiger partial charge in [0.25, 0.3) is 0 Å². The van der Waals surface area contributed by atoms with Gasteiger partial charge in [0, 0.05) is 24.0 Å². The first-order valence-electron chi connectivity index (χ1n) is 5.16. The third kappa shape index (κ3) is 1.68. The molecule has 1 aliphatic rings. The van der Waals surface area contributed by atoms with Crippen LogP contribution in [0.5, 0.6) is 0 Å². The second kappa shape index (κ2) is 4.08. The highest BCUT2D eigenvalue weighted by atomic mass is 127. The van der Waals surface area contributed by atoms with E-state index in [0.29, 0.717) is 6.04 Å². The second-order valence-corrected chi connectivity index (χ2v) is 6.65. The summed E-state index contributed by atoms with van der Waals surface area (Å²) in [5.74, 6) is 2.05. The van der Waals surface area contributed by atoms with Crippen LogP contribution >= 0.6 is 33.9 Å². The molecule has 2 aromatic heterocycles. The van der Waals surface area contributed by atoms with Crippen LogP contribution in [0.15, 0.2) is 11.4 Å². The molecule has 4 nitrogen and oxygen atoms in total. The summed E-state index contributed by atoms with van der Waals surface area (Å²) in [5.41, 5.74) is 1.18. The lowest BCUT2D eigenvalue weighted by Crippen LogP contribution is -2.32. The topological polar surface area (TPSA) is 42.7 Å². The molecule has 0 spiro atoms. The zero-order valence-electron chi connectivity index (χ0n) is 8.77. The molecule has 3 heterocycles. The molecule has 6 heteroatoms. The first kappa shape index (κ1) is 10.7. The molecule has 1 unspecified atom stereocenters. The minimum atomic E-state index is 0.299. The van der Waals surface area contributed by atoms with Crippen molar-refractivity contribution in [2.24, 2.45) is 0 Å². The number of fused-ring (bicyclic) bond motifs is 1. The van der Waals surface area contributed by atoms with Gasteiger partial charge in [0.2, 0.25) is 0 Å². The Morgan fingerprint density at radius 3 is 3.19 bits per heavy atom. The first-order valence-corrected chi connectivity index (χ1v) is 7.12. The number of thiophene rings is 1. The third-order valence-electron chi connectivity index (χ3n) is 2.78. The van der Waals surface area contributed by atoms with Crippen molar-refractivity contribution in [3.05, 3.63) is 20.2 Å². The fraction of sp³-hybridized carbons (Fsp3) is 0.400. The number of aromatic nitrogens is 3. The monoisotopic (exact) mass is 346 g/mol. The number of nitrogens with zero attached hydrogens (tertiary/aromatic N) is 3. The van der Waals surface area contributed by atoms with E-state index in [1.807, 2.05) is 0 Å². The summed E-state index contributed by atoms with van der Waals surface area (Å²) in [6, 6.07) is 2.46. The third-order valence-corrected chi connectivity index (χ3v) is 4.57. The lowest BCUT2D eigenvalue weighted by molar-refractivity contribution is 0.439. The summed E-state index contributed by atoms with van der Waals surface area (Å²) >= 11 is 4.08. The molecule has 0 saturated heterocycles. The van der Waals surface area contributed by atoms with E-state index in [2.05, 4.69) is 61.0 Å². The minimum absolute atomic E-state index is 0.299. The lowest BCUT2D eigenvalue weighted by atomic mass is 10.2. The molecular formula is C10H11IN4S. The van der Waals surface area contributed by atoms with E-state index in [-0.39, 0.29) is 0 Å². The maximum absolute atomic E-state index is 4.31. The number of rotatable bonds is 1. The van der Waals surface area contributed by atoms with Crippen molar-refractivity contribution in [3.8, 4) is 11.4 Å². The van der Waals surface area contributed by atoms with Gasteiger partial charge in [-0.3, -0.25) is 0 Å². The predicted octanol–water partition coefficient (Wildman–Crippen LogP) is 2.28. The highest BCUT2D eigenvalue weighted by molar-refractivity contribution is 14.1. The molecule has 0 bridgehead atoms. The van der Waals surface area contributed by atoms with Crippen LogP contribution in [0.25, 0.3) is 11.4 Å². The minimum Gasteiger partial charge on any atom is -0.308 e. The zero-order chi connectivity index (χ0) is 11.1. The Kier molecular flexibility index (Phi) is 2.72. The van der Waals surface area contributed by atoms with E-state index in [1.54, 1.807) is 11.3 Å². The SMILES string of the molecule is CC1NCCn2c(-c3csc(I)c3)nnc21. The summed E-state index contributed by atoms with van der Waals surface area (Å²) in [4.78, 5) is 0. The molecule has 0 aromatic carbocycles. The average Bonchev–Trinajstić information content (AvgIpc) is 2.84. The molecule has 1 aliphatic heterocycles. The summed E-state index contributed by atoms with van der Waals surface area (Å²) in [6.07, 6.45) is 0. The molecule has 3 rings (SSSR count). The molecule has 0 radical (unpaired) electrons. The molecule has 0 fully saturated rings. The van der Waals surface area contributed by atoms with Crippen molar-refractivity contribution in [1.29, 1.82) is 0 Å². The molecule has 0 saturated carbocycles. The van der Waals surface area contributed by atoms with Crippen molar-refractivity contribution in [2.45, 2.75) is 19.5 Å². The summed E-state index contributed by atoms with van der Waals surface area (Å²) in [5, 5.41) is 14.1. The van der Waals surface area contributed by atoms with Gasteiger partial charge in [0.15, 0.2) is 5.82 Å². The highest BCUT2D eigenvalue weighted by Gasteiger charge is 2.22. The van der Waals surface area contributed by atoms with E-state index < -0.39 is 0 Å². The van der Waals surface area contributed by atoms with Crippen LogP contribution in [0, 0.1) is 2.88 Å². The van der Waals surface area contributed by atoms with Crippen LogP contribution in [-0.4, -0.2) is 21.3 Å². The number of hydrogen-bond donors (Lipinski definition) is 1. The summed E-state index contributed by atoms with van der Waals surface area (Å²) < 4.78 is 3.51. The van der Waals surface area contributed by atoms with Crippen molar-refractivity contribution in [1.82, 2.24) is 20.1 Å². The van der Waals surface area contributed by atoms with E-state index in [0.717, 1.165) is 24.7 Å². The second-order valence-electron chi connectivity index (χ2n) is 3.85. The fourth-order valence-corrected chi connectivity index (χ4v) is 3.31. The van der Waals surface area contributed by atoms with Crippen LogP contribution in [0.2, 0.25) is 0 Å². The van der Waals surface area contributed by atoms with E-state index in [9.17, 15) is 0 Å². The largest absolute Gasteiger partial charge is 0.308 e. The van der Waals surface area contributed by atoms with Crippen LogP contribution in [0.4, 0.5) is 0 Å². The molecule has 1 atom stereocenters. The van der Waals surface area contributed by atoms with E-state index in [1.165, 1.54) is 8.45 Å². The Bertz CT molecular complexity index is 519. The van der Waals surface area contributed by atoms with Gasteiger partial charge in [0.1, 0.15) is 5.82 Å². The number of nitrogens with one attached hydrogen (secondary N) is 1. The van der Waals surface area contributed by atoms with Gasteiger partial charge in [0.05, 0.1) is 8.93 Å². The maximum Gasteiger partial charge on any atom is 0.164 e. The molecule has 1 N–H and O–H groups in total. The first-order chi connectivity index (χ1) is 7.75. The molecular weight excluding hydrogens is 335 g/mol. The van der Waals surface area contributed by atoms with Crippen molar-refractivity contribution in [3.63, 3.8) is 0 Å². The molecule has 0 amide bonds. The maximum atomic E-state index is 4.31. The van der Waals surface area contributed by atoms with Crippen LogP contribution in [-0.2, 0) is 6.54 Å². The Morgan fingerprint density at radius 2 is 2.44 bits per heavy atom. The van der Waals surface area contributed by atoms with Gasteiger partial charge in [-0.1, -0.05) is 0 Å². The fourth-order valence-electron chi connectivity index (χ4n) is 1.98. The number of hydrogen-bond acceptors (Lipinski definition) is 4. The van der Waals surface area contributed by atoms with Crippen LogP contribution in [0.3, 0.4) is 0 Å². The molecule has 16 heavy (non-hydrogen) atoms. The standard InChI is InChI=1S/C10H11IN4S/c1-6-9-13-14-10(15(9)3-2-12-6)7-4-8(11)16-5-7/h4-6,12H,2-3H2,1H3. The Balaban J connectivity index is 2.09. The van der Waals surface area contributed by atoms with Crippen molar-refractivity contribution in [2.75, 3.05) is 6.54 Å². The molecule has 84 valence electrons. The van der Waals surface area contributed by atoms with Crippen molar-refractivity contribution >= 4 is 33.9 Å². The van der Waals surface area contributed by atoms with Crippen LogP contribution < -0.4 is 5.32 Å². The lowest BCUT2D eigenvalue weighted by Gasteiger charge is -2.21. The van der Waals surface area contributed by atoms with Gasteiger partial charge >= 0.3 is 0 Å². The van der Waals surface area contributed by atoms with Gasteiger partial charge in [-0.15, -0.1) is 21.5 Å². The number of halogens is 1.